The van der Waals surface area contributed by atoms with E-state index < -0.39 is 5.82 Å². The lowest BCUT2D eigenvalue weighted by molar-refractivity contribution is -0.00277. The Morgan fingerprint density at radius 3 is 2.74 bits per heavy atom. The van der Waals surface area contributed by atoms with Crippen molar-refractivity contribution in [1.82, 2.24) is 19.4 Å². The van der Waals surface area contributed by atoms with E-state index in [1.54, 1.807) is 37.4 Å². The van der Waals surface area contributed by atoms with Crippen molar-refractivity contribution in [2.24, 2.45) is 0 Å². The standard InChI is InChI=1S/C25H26FN5O4/c1-15-6-18(7-22(33-2)23(15)34-3)28-25-27-8-21(26)24(29-25)31-10-17(9-30-11-19(32)12-30)20(13-31)16-4-5-35-14-16/h4-8,10,13-14,19,32H,9,11-12H2,1-3H3,(H,27,28,29). The van der Waals surface area contributed by atoms with Gasteiger partial charge in [0, 0.05) is 54.9 Å². The van der Waals surface area contributed by atoms with Crippen LogP contribution in [0.15, 0.2) is 53.7 Å². The number of nitrogens with one attached hydrogen (secondary N) is 1. The molecule has 5 rings (SSSR count). The summed E-state index contributed by atoms with van der Waals surface area (Å²) in [6.45, 7) is 3.74. The summed E-state index contributed by atoms with van der Waals surface area (Å²) in [6.07, 6.45) is 7.76. The van der Waals surface area contributed by atoms with E-state index in [-0.39, 0.29) is 17.9 Å². The summed E-state index contributed by atoms with van der Waals surface area (Å²) in [4.78, 5) is 10.7. The highest BCUT2D eigenvalue weighted by molar-refractivity contribution is 5.67. The van der Waals surface area contributed by atoms with Crippen LogP contribution in [-0.4, -0.2) is 58.0 Å². The number of aryl methyl sites for hydroxylation is 1. The van der Waals surface area contributed by atoms with Gasteiger partial charge in [-0.2, -0.15) is 4.98 Å². The fourth-order valence-corrected chi connectivity index (χ4v) is 4.29. The number of hydrogen-bond donors (Lipinski definition) is 2. The average molecular weight is 480 g/mol. The Labute approximate surface area is 201 Å². The highest BCUT2D eigenvalue weighted by Crippen LogP contribution is 2.35. The molecule has 4 aromatic rings. The van der Waals surface area contributed by atoms with E-state index in [0.717, 1.165) is 28.5 Å². The lowest BCUT2D eigenvalue weighted by Gasteiger charge is -2.35. The second kappa shape index (κ2) is 9.40. The molecule has 0 radical (unpaired) electrons. The number of aliphatic hydroxyl groups is 1. The topological polar surface area (TPSA) is 97.8 Å². The lowest BCUT2D eigenvalue weighted by Crippen LogP contribution is -2.49. The second-order valence-corrected chi connectivity index (χ2v) is 8.48. The largest absolute Gasteiger partial charge is 0.493 e. The van der Waals surface area contributed by atoms with Gasteiger partial charge in [0.05, 0.1) is 39.0 Å². The molecular formula is C25H26FN5O4. The number of furan rings is 1. The molecule has 1 aliphatic rings. The van der Waals surface area contributed by atoms with Crippen LogP contribution < -0.4 is 14.8 Å². The minimum absolute atomic E-state index is 0.110. The van der Waals surface area contributed by atoms with E-state index in [0.29, 0.717) is 36.8 Å². The van der Waals surface area contributed by atoms with Gasteiger partial charge in [0.15, 0.2) is 23.1 Å². The van der Waals surface area contributed by atoms with Crippen molar-refractivity contribution in [3.8, 4) is 28.4 Å². The third-order valence-corrected chi connectivity index (χ3v) is 5.96. The molecule has 0 atom stereocenters. The number of ether oxygens (including phenoxy) is 2. The molecule has 2 N–H and O–H groups in total. The van der Waals surface area contributed by atoms with Crippen molar-refractivity contribution in [2.75, 3.05) is 32.6 Å². The maximum absolute atomic E-state index is 14.9. The molecule has 0 unspecified atom stereocenters. The third kappa shape index (κ3) is 4.58. The zero-order valence-electron chi connectivity index (χ0n) is 19.7. The van der Waals surface area contributed by atoms with Gasteiger partial charge in [-0.15, -0.1) is 0 Å². The summed E-state index contributed by atoms with van der Waals surface area (Å²) < 4.78 is 32.6. The smallest absolute Gasteiger partial charge is 0.229 e. The van der Waals surface area contributed by atoms with Crippen molar-refractivity contribution >= 4 is 11.6 Å². The van der Waals surface area contributed by atoms with Crippen molar-refractivity contribution in [3.05, 3.63) is 66.3 Å². The van der Waals surface area contributed by atoms with E-state index >= 15 is 0 Å². The molecule has 0 amide bonds. The van der Waals surface area contributed by atoms with Gasteiger partial charge < -0.3 is 28.9 Å². The van der Waals surface area contributed by atoms with Gasteiger partial charge in [-0.25, -0.2) is 9.37 Å². The molecule has 4 heterocycles. The summed E-state index contributed by atoms with van der Waals surface area (Å²) in [5.74, 6) is 0.991. The summed E-state index contributed by atoms with van der Waals surface area (Å²) >= 11 is 0. The number of aromatic nitrogens is 3. The number of likely N-dealkylation sites (tertiary alicyclic amines) is 1. The van der Waals surface area contributed by atoms with Crippen molar-refractivity contribution in [3.63, 3.8) is 0 Å². The van der Waals surface area contributed by atoms with Gasteiger partial charge >= 0.3 is 0 Å². The number of anilines is 2. The summed E-state index contributed by atoms with van der Waals surface area (Å²) in [5.41, 5.74) is 4.31. The Balaban J connectivity index is 1.47. The normalized spacial score (nSPS) is 14.1. The van der Waals surface area contributed by atoms with E-state index in [9.17, 15) is 9.50 Å². The molecule has 10 heteroatoms. The molecule has 0 bridgehead atoms. The molecular weight excluding hydrogens is 453 g/mol. The van der Waals surface area contributed by atoms with Crippen LogP contribution in [-0.2, 0) is 6.54 Å². The van der Waals surface area contributed by atoms with Crippen LogP contribution in [0.5, 0.6) is 11.5 Å². The number of hydrogen-bond acceptors (Lipinski definition) is 8. The fraction of sp³-hybridized carbons (Fsp3) is 0.280. The fourth-order valence-electron chi connectivity index (χ4n) is 4.29. The van der Waals surface area contributed by atoms with E-state index in [1.807, 2.05) is 31.5 Å². The van der Waals surface area contributed by atoms with E-state index in [2.05, 4.69) is 20.2 Å². The number of nitrogens with zero attached hydrogens (tertiary/aromatic N) is 4. The quantitative estimate of drug-likeness (QED) is 0.393. The Bertz CT molecular complexity index is 1330. The number of halogens is 1. The first-order valence-corrected chi connectivity index (χ1v) is 11.1. The molecule has 9 nitrogen and oxygen atoms in total. The molecule has 1 fully saturated rings. The van der Waals surface area contributed by atoms with Crippen LogP contribution >= 0.6 is 0 Å². The average Bonchev–Trinajstić information content (AvgIpc) is 3.49. The summed E-state index contributed by atoms with van der Waals surface area (Å²) in [7, 11) is 3.15. The summed E-state index contributed by atoms with van der Waals surface area (Å²) in [6, 6.07) is 5.50. The second-order valence-electron chi connectivity index (χ2n) is 8.48. The zero-order valence-corrected chi connectivity index (χ0v) is 19.7. The number of methoxy groups -OCH3 is 2. The van der Waals surface area contributed by atoms with Crippen molar-refractivity contribution in [2.45, 2.75) is 19.6 Å². The van der Waals surface area contributed by atoms with Crippen LogP contribution in [0.2, 0.25) is 0 Å². The van der Waals surface area contributed by atoms with Crippen molar-refractivity contribution in [1.29, 1.82) is 0 Å². The molecule has 0 aliphatic carbocycles. The SMILES string of the molecule is COc1cc(Nc2ncc(F)c(-n3cc(CN4CC(O)C4)c(-c4ccoc4)c3)n2)cc(C)c1OC. The van der Waals surface area contributed by atoms with Gasteiger partial charge in [0.1, 0.15) is 0 Å². The predicted octanol–water partition coefficient (Wildman–Crippen LogP) is 3.91. The zero-order chi connectivity index (χ0) is 24.5. The molecule has 1 saturated heterocycles. The van der Waals surface area contributed by atoms with E-state index in [1.165, 1.54) is 0 Å². The van der Waals surface area contributed by atoms with Crippen LogP contribution in [0.25, 0.3) is 16.9 Å². The van der Waals surface area contributed by atoms with Gasteiger partial charge in [-0.3, -0.25) is 4.90 Å². The first-order chi connectivity index (χ1) is 16.9. The van der Waals surface area contributed by atoms with Crippen molar-refractivity contribution < 1.29 is 23.4 Å². The molecule has 182 valence electrons. The van der Waals surface area contributed by atoms with Gasteiger partial charge in [0.2, 0.25) is 5.95 Å². The lowest BCUT2D eigenvalue weighted by atomic mass is 10.1. The Morgan fingerprint density at radius 1 is 1.23 bits per heavy atom. The minimum atomic E-state index is -0.557. The Hall–Kier alpha value is -3.89. The number of benzene rings is 1. The molecule has 0 saturated carbocycles. The Morgan fingerprint density at radius 2 is 2.06 bits per heavy atom. The third-order valence-electron chi connectivity index (χ3n) is 5.96. The number of β-amino-alcohol motifs (C(OH)–C–C–N with tert-alkyl or cyclic N) is 1. The molecule has 1 aliphatic heterocycles. The van der Waals surface area contributed by atoms with E-state index in [4.69, 9.17) is 13.9 Å². The monoisotopic (exact) mass is 479 g/mol. The minimum Gasteiger partial charge on any atom is -0.493 e. The first kappa shape index (κ1) is 22.9. The van der Waals surface area contributed by atoms with Crippen LogP contribution in [0.3, 0.4) is 0 Å². The highest BCUT2D eigenvalue weighted by atomic mass is 19.1. The first-order valence-electron chi connectivity index (χ1n) is 11.1. The van der Waals surface area contributed by atoms with Crippen LogP contribution in [0.4, 0.5) is 16.0 Å². The maximum atomic E-state index is 14.9. The van der Waals surface area contributed by atoms with Crippen LogP contribution in [0.1, 0.15) is 11.1 Å². The number of rotatable bonds is 8. The molecule has 35 heavy (non-hydrogen) atoms. The molecule has 0 spiro atoms. The predicted molar refractivity (Wildman–Crippen MR) is 128 cm³/mol. The van der Waals surface area contributed by atoms with Gasteiger partial charge in [0.25, 0.3) is 0 Å². The van der Waals surface area contributed by atoms with Gasteiger partial charge in [-0.05, 0) is 30.2 Å². The van der Waals surface area contributed by atoms with Crippen LogP contribution in [0, 0.1) is 12.7 Å². The number of aliphatic hydroxyl groups excluding tert-OH is 1. The van der Waals surface area contributed by atoms with Gasteiger partial charge in [-0.1, -0.05) is 0 Å². The maximum Gasteiger partial charge on any atom is 0.229 e. The molecule has 1 aromatic carbocycles. The summed E-state index contributed by atoms with van der Waals surface area (Å²) in [5, 5.41) is 12.8. The Kier molecular flexibility index (Phi) is 6.14. The highest BCUT2D eigenvalue weighted by Gasteiger charge is 2.26. The molecule has 3 aromatic heterocycles.